The Bertz CT molecular complexity index is 799. The quantitative estimate of drug-likeness (QED) is 0.701. The summed E-state index contributed by atoms with van der Waals surface area (Å²) in [4.78, 5) is 26.9. The molecule has 0 atom stereocenters. The average Bonchev–Trinajstić information content (AvgIpc) is 3.15. The number of piperidine rings is 1. The van der Waals surface area contributed by atoms with Gasteiger partial charge in [0.25, 0.3) is 5.91 Å². The summed E-state index contributed by atoms with van der Waals surface area (Å²) >= 11 is 1.37. The Morgan fingerprint density at radius 1 is 1.26 bits per heavy atom. The Labute approximate surface area is 161 Å². The second-order valence-electron chi connectivity index (χ2n) is 6.38. The predicted octanol–water partition coefficient (Wildman–Crippen LogP) is 3.88. The third-order valence-electron chi connectivity index (χ3n) is 4.47. The molecule has 144 valence electrons. The van der Waals surface area contributed by atoms with Gasteiger partial charge in [0.15, 0.2) is 0 Å². The SMILES string of the molecule is CCOC(=O)C1CCN(C(=O)c2cc(COc3cccc(F)c3)cs2)CC1. The Morgan fingerprint density at radius 2 is 2.04 bits per heavy atom. The number of hydrogen-bond acceptors (Lipinski definition) is 5. The van der Waals surface area contributed by atoms with Crippen molar-refractivity contribution in [2.24, 2.45) is 5.92 Å². The van der Waals surface area contributed by atoms with Gasteiger partial charge in [-0.05, 0) is 43.3 Å². The van der Waals surface area contributed by atoms with Gasteiger partial charge in [0.05, 0.1) is 17.4 Å². The van der Waals surface area contributed by atoms with E-state index in [0.29, 0.717) is 43.2 Å². The first-order valence-electron chi connectivity index (χ1n) is 8.98. The lowest BCUT2D eigenvalue weighted by Gasteiger charge is -2.30. The Kier molecular flexibility index (Phi) is 6.45. The molecule has 1 fully saturated rings. The maximum atomic E-state index is 13.2. The first-order chi connectivity index (χ1) is 13.1. The second-order valence-corrected chi connectivity index (χ2v) is 7.30. The number of likely N-dealkylation sites (tertiary alicyclic amines) is 1. The Hall–Kier alpha value is -2.41. The Morgan fingerprint density at radius 3 is 2.74 bits per heavy atom. The number of amides is 1. The number of carbonyl (C=O) groups is 2. The van der Waals surface area contributed by atoms with E-state index in [2.05, 4.69) is 0 Å². The van der Waals surface area contributed by atoms with Crippen LogP contribution in [0.2, 0.25) is 0 Å². The lowest BCUT2D eigenvalue weighted by atomic mass is 9.97. The number of halogens is 1. The van der Waals surface area contributed by atoms with Crippen LogP contribution in [0.5, 0.6) is 5.75 Å². The van der Waals surface area contributed by atoms with E-state index in [-0.39, 0.29) is 30.2 Å². The number of ether oxygens (including phenoxy) is 2. The fraction of sp³-hybridized carbons (Fsp3) is 0.400. The van der Waals surface area contributed by atoms with Crippen LogP contribution in [-0.4, -0.2) is 36.5 Å². The first kappa shape index (κ1) is 19.4. The molecule has 5 nitrogen and oxygen atoms in total. The molecule has 1 aliphatic heterocycles. The highest BCUT2D eigenvalue weighted by atomic mass is 32.1. The summed E-state index contributed by atoms with van der Waals surface area (Å²) in [7, 11) is 0. The van der Waals surface area contributed by atoms with Gasteiger partial charge in [-0.25, -0.2) is 4.39 Å². The summed E-state index contributed by atoms with van der Waals surface area (Å²) in [5, 5.41) is 1.87. The number of benzene rings is 1. The maximum Gasteiger partial charge on any atom is 0.309 e. The van der Waals surface area contributed by atoms with Gasteiger partial charge in [-0.1, -0.05) is 6.07 Å². The highest BCUT2D eigenvalue weighted by Gasteiger charge is 2.29. The summed E-state index contributed by atoms with van der Waals surface area (Å²) in [5.41, 5.74) is 0.869. The zero-order chi connectivity index (χ0) is 19.2. The van der Waals surface area contributed by atoms with Crippen molar-refractivity contribution in [1.82, 2.24) is 4.90 Å². The normalized spacial score (nSPS) is 14.8. The van der Waals surface area contributed by atoms with Crippen LogP contribution in [0.3, 0.4) is 0 Å². The molecule has 3 rings (SSSR count). The van der Waals surface area contributed by atoms with Gasteiger partial charge in [-0.15, -0.1) is 11.3 Å². The predicted molar refractivity (Wildman–Crippen MR) is 100 cm³/mol. The molecule has 0 saturated carbocycles. The van der Waals surface area contributed by atoms with Crippen molar-refractivity contribution in [2.45, 2.75) is 26.4 Å². The fourth-order valence-corrected chi connectivity index (χ4v) is 3.88. The molecule has 0 unspecified atom stereocenters. The largest absolute Gasteiger partial charge is 0.489 e. The lowest BCUT2D eigenvalue weighted by molar-refractivity contribution is -0.149. The van der Waals surface area contributed by atoms with Crippen LogP contribution in [0, 0.1) is 11.7 Å². The minimum absolute atomic E-state index is 0.0284. The monoisotopic (exact) mass is 391 g/mol. The van der Waals surface area contributed by atoms with E-state index in [1.807, 2.05) is 11.4 Å². The molecule has 7 heteroatoms. The Balaban J connectivity index is 1.52. The molecule has 2 aromatic rings. The van der Waals surface area contributed by atoms with E-state index in [1.165, 1.54) is 23.5 Å². The summed E-state index contributed by atoms with van der Waals surface area (Å²) in [6.45, 7) is 3.55. The minimum atomic E-state index is -0.347. The van der Waals surface area contributed by atoms with Gasteiger partial charge in [-0.2, -0.15) is 0 Å². The number of carbonyl (C=O) groups excluding carboxylic acids is 2. The minimum Gasteiger partial charge on any atom is -0.489 e. The summed E-state index contributed by atoms with van der Waals surface area (Å²) < 4.78 is 23.8. The van der Waals surface area contributed by atoms with Crippen LogP contribution in [0.1, 0.15) is 35.0 Å². The summed E-state index contributed by atoms with van der Waals surface area (Å²) in [6, 6.07) is 7.78. The van der Waals surface area contributed by atoms with Crippen molar-refractivity contribution >= 4 is 23.2 Å². The molecule has 2 heterocycles. The van der Waals surface area contributed by atoms with E-state index < -0.39 is 0 Å². The van der Waals surface area contributed by atoms with E-state index in [4.69, 9.17) is 9.47 Å². The number of hydrogen-bond donors (Lipinski definition) is 0. The molecule has 27 heavy (non-hydrogen) atoms. The molecule has 0 aliphatic carbocycles. The van der Waals surface area contributed by atoms with Crippen LogP contribution >= 0.6 is 11.3 Å². The highest BCUT2D eigenvalue weighted by Crippen LogP contribution is 2.24. The molecular formula is C20H22FNO4S. The zero-order valence-corrected chi connectivity index (χ0v) is 16.0. The van der Waals surface area contributed by atoms with Gasteiger partial charge < -0.3 is 14.4 Å². The molecule has 0 N–H and O–H groups in total. The average molecular weight is 391 g/mol. The van der Waals surface area contributed by atoms with Gasteiger partial charge in [-0.3, -0.25) is 9.59 Å². The van der Waals surface area contributed by atoms with E-state index in [1.54, 1.807) is 24.0 Å². The zero-order valence-electron chi connectivity index (χ0n) is 15.2. The number of nitrogens with zero attached hydrogens (tertiary/aromatic N) is 1. The molecule has 1 amide bonds. The lowest BCUT2D eigenvalue weighted by Crippen LogP contribution is -2.40. The third kappa shape index (κ3) is 5.07. The van der Waals surface area contributed by atoms with E-state index in [0.717, 1.165) is 5.56 Å². The molecule has 0 bridgehead atoms. The summed E-state index contributed by atoms with van der Waals surface area (Å²) in [5.74, 6) is -0.209. The molecule has 1 aliphatic rings. The van der Waals surface area contributed by atoms with Crippen LogP contribution < -0.4 is 4.74 Å². The second kappa shape index (κ2) is 8.99. The highest BCUT2D eigenvalue weighted by molar-refractivity contribution is 7.12. The van der Waals surface area contributed by atoms with Crippen LogP contribution in [-0.2, 0) is 16.1 Å². The third-order valence-corrected chi connectivity index (χ3v) is 5.44. The van der Waals surface area contributed by atoms with Crippen LogP contribution in [0.15, 0.2) is 35.7 Å². The molecule has 1 aromatic heterocycles. The number of esters is 1. The first-order valence-corrected chi connectivity index (χ1v) is 9.86. The van der Waals surface area contributed by atoms with Crippen molar-refractivity contribution in [1.29, 1.82) is 0 Å². The molecule has 0 spiro atoms. The van der Waals surface area contributed by atoms with Crippen molar-refractivity contribution in [2.75, 3.05) is 19.7 Å². The molecule has 1 aromatic carbocycles. The smallest absolute Gasteiger partial charge is 0.309 e. The van der Waals surface area contributed by atoms with Gasteiger partial charge >= 0.3 is 5.97 Å². The maximum absolute atomic E-state index is 13.2. The van der Waals surface area contributed by atoms with Gasteiger partial charge in [0, 0.05) is 24.7 Å². The van der Waals surface area contributed by atoms with Gasteiger partial charge in [0.1, 0.15) is 18.2 Å². The van der Waals surface area contributed by atoms with Crippen molar-refractivity contribution in [3.8, 4) is 5.75 Å². The van der Waals surface area contributed by atoms with E-state index in [9.17, 15) is 14.0 Å². The van der Waals surface area contributed by atoms with Crippen LogP contribution in [0.4, 0.5) is 4.39 Å². The standard InChI is InChI=1S/C20H22FNO4S/c1-2-25-20(24)15-6-8-22(9-7-15)19(23)18-10-14(13-27-18)12-26-17-5-3-4-16(21)11-17/h3-5,10-11,13,15H,2,6-9,12H2,1H3. The number of thiophene rings is 1. The van der Waals surface area contributed by atoms with Crippen molar-refractivity contribution in [3.05, 3.63) is 52.0 Å². The van der Waals surface area contributed by atoms with Crippen molar-refractivity contribution in [3.63, 3.8) is 0 Å². The van der Waals surface area contributed by atoms with Gasteiger partial charge in [0.2, 0.25) is 0 Å². The molecule has 1 saturated heterocycles. The topological polar surface area (TPSA) is 55.8 Å². The summed E-state index contributed by atoms with van der Waals surface area (Å²) in [6.07, 6.45) is 1.26. The fourth-order valence-electron chi connectivity index (χ4n) is 3.02. The molecule has 0 radical (unpaired) electrons. The molecular weight excluding hydrogens is 369 g/mol. The van der Waals surface area contributed by atoms with E-state index >= 15 is 0 Å². The number of rotatable bonds is 6. The van der Waals surface area contributed by atoms with Crippen LogP contribution in [0.25, 0.3) is 0 Å². The van der Waals surface area contributed by atoms with Crippen molar-refractivity contribution < 1.29 is 23.5 Å².